The summed E-state index contributed by atoms with van der Waals surface area (Å²) in [5, 5.41) is 9.02. The highest BCUT2D eigenvalue weighted by Gasteiger charge is 2.20. The average Bonchev–Trinajstić information content (AvgIpc) is 2.19. The molecule has 0 saturated heterocycles. The van der Waals surface area contributed by atoms with E-state index >= 15 is 0 Å². The van der Waals surface area contributed by atoms with E-state index in [9.17, 15) is 4.39 Å². The predicted octanol–water partition coefficient (Wildman–Crippen LogP) is 2.38. The molecule has 0 aliphatic carbocycles. The van der Waals surface area contributed by atoms with Crippen molar-refractivity contribution in [2.24, 2.45) is 0 Å². The molecule has 0 amide bonds. The van der Waals surface area contributed by atoms with E-state index in [1.165, 1.54) is 12.1 Å². The Morgan fingerprint density at radius 1 is 1.27 bits per heavy atom. The van der Waals surface area contributed by atoms with E-state index in [2.05, 4.69) is 6.07 Å². The molecule has 0 N–H and O–H groups in total. The molecule has 3 heteroatoms. The summed E-state index contributed by atoms with van der Waals surface area (Å²) in [4.78, 5) is 1.87. The summed E-state index contributed by atoms with van der Waals surface area (Å²) in [7, 11) is 3.74. The van der Waals surface area contributed by atoms with Gasteiger partial charge in [-0.2, -0.15) is 5.26 Å². The third-order valence-electron chi connectivity index (χ3n) is 2.56. The van der Waals surface area contributed by atoms with Gasteiger partial charge in [-0.3, -0.25) is 4.90 Å². The first-order valence-corrected chi connectivity index (χ1v) is 4.87. The fourth-order valence-corrected chi connectivity index (χ4v) is 1.62. The highest BCUT2D eigenvalue weighted by molar-refractivity contribution is 5.23. The first-order valence-electron chi connectivity index (χ1n) is 4.87. The normalized spacial score (nSPS) is 14.7. The standard InChI is InChI=1S/C12H15FN2/c1-9(12(8-14)15(2)3)10-4-6-11(13)7-5-10/h4-7,9,12H,1-3H3. The minimum atomic E-state index is -0.246. The second kappa shape index (κ2) is 4.90. The molecule has 1 aromatic rings. The predicted molar refractivity (Wildman–Crippen MR) is 57.9 cm³/mol. The fraction of sp³-hybridized carbons (Fsp3) is 0.417. The molecule has 0 aromatic heterocycles. The minimum Gasteiger partial charge on any atom is -0.294 e. The van der Waals surface area contributed by atoms with E-state index in [4.69, 9.17) is 5.26 Å². The van der Waals surface area contributed by atoms with E-state index in [0.717, 1.165) is 5.56 Å². The highest BCUT2D eigenvalue weighted by atomic mass is 19.1. The maximum atomic E-state index is 12.7. The maximum absolute atomic E-state index is 12.7. The first kappa shape index (κ1) is 11.7. The zero-order chi connectivity index (χ0) is 11.4. The van der Waals surface area contributed by atoms with Crippen molar-refractivity contribution in [2.75, 3.05) is 14.1 Å². The van der Waals surface area contributed by atoms with Crippen molar-refractivity contribution in [1.82, 2.24) is 4.90 Å². The summed E-state index contributed by atoms with van der Waals surface area (Å²) in [6.45, 7) is 1.97. The van der Waals surface area contributed by atoms with Crippen molar-refractivity contribution in [3.8, 4) is 6.07 Å². The summed E-state index contributed by atoms with van der Waals surface area (Å²) in [5.41, 5.74) is 0.983. The van der Waals surface area contributed by atoms with Crippen molar-refractivity contribution in [2.45, 2.75) is 18.9 Å². The highest BCUT2D eigenvalue weighted by Crippen LogP contribution is 2.21. The van der Waals surface area contributed by atoms with Gasteiger partial charge in [0.1, 0.15) is 11.9 Å². The topological polar surface area (TPSA) is 27.0 Å². The van der Waals surface area contributed by atoms with E-state index in [1.807, 2.05) is 25.9 Å². The van der Waals surface area contributed by atoms with Gasteiger partial charge in [-0.15, -0.1) is 0 Å². The van der Waals surface area contributed by atoms with Crippen LogP contribution in [-0.4, -0.2) is 25.0 Å². The molecular weight excluding hydrogens is 191 g/mol. The van der Waals surface area contributed by atoms with Crippen molar-refractivity contribution < 1.29 is 4.39 Å². The smallest absolute Gasteiger partial charge is 0.123 e. The molecule has 0 bridgehead atoms. The van der Waals surface area contributed by atoms with Crippen LogP contribution in [0.5, 0.6) is 0 Å². The Balaban J connectivity index is 2.89. The lowest BCUT2D eigenvalue weighted by molar-refractivity contribution is 0.316. The van der Waals surface area contributed by atoms with Crippen LogP contribution < -0.4 is 0 Å². The molecule has 0 saturated carbocycles. The van der Waals surface area contributed by atoms with Crippen LogP contribution in [0.25, 0.3) is 0 Å². The lowest BCUT2D eigenvalue weighted by Crippen LogP contribution is -2.31. The number of nitriles is 1. The molecule has 0 fully saturated rings. The number of halogens is 1. The molecular formula is C12H15FN2. The number of nitrogens with zero attached hydrogens (tertiary/aromatic N) is 2. The quantitative estimate of drug-likeness (QED) is 0.759. The van der Waals surface area contributed by atoms with Gasteiger partial charge in [-0.1, -0.05) is 19.1 Å². The molecule has 0 heterocycles. The molecule has 2 nitrogen and oxygen atoms in total. The van der Waals surface area contributed by atoms with Gasteiger partial charge in [0.2, 0.25) is 0 Å². The molecule has 0 spiro atoms. The summed E-state index contributed by atoms with van der Waals surface area (Å²) >= 11 is 0. The number of hydrogen-bond donors (Lipinski definition) is 0. The lowest BCUT2D eigenvalue weighted by atomic mass is 9.93. The van der Waals surface area contributed by atoms with Gasteiger partial charge in [0.25, 0.3) is 0 Å². The monoisotopic (exact) mass is 206 g/mol. The van der Waals surface area contributed by atoms with Crippen LogP contribution in [0.2, 0.25) is 0 Å². The van der Waals surface area contributed by atoms with E-state index in [0.29, 0.717) is 0 Å². The molecule has 2 atom stereocenters. The molecule has 2 unspecified atom stereocenters. The molecule has 80 valence electrons. The first-order chi connectivity index (χ1) is 7.06. The summed E-state index contributed by atoms with van der Waals surface area (Å²) in [6, 6.07) is 8.37. The molecule has 15 heavy (non-hydrogen) atoms. The van der Waals surface area contributed by atoms with Crippen LogP contribution in [0.4, 0.5) is 4.39 Å². The van der Waals surface area contributed by atoms with Crippen molar-refractivity contribution in [3.63, 3.8) is 0 Å². The maximum Gasteiger partial charge on any atom is 0.123 e. The van der Waals surface area contributed by atoms with Gasteiger partial charge in [0, 0.05) is 5.92 Å². The second-order valence-corrected chi connectivity index (χ2v) is 3.88. The number of likely N-dealkylation sites (N-methyl/N-ethyl adjacent to an activating group) is 1. The van der Waals surface area contributed by atoms with Gasteiger partial charge in [-0.25, -0.2) is 4.39 Å². The Hall–Kier alpha value is -1.40. The van der Waals surface area contributed by atoms with Crippen LogP contribution >= 0.6 is 0 Å². The second-order valence-electron chi connectivity index (χ2n) is 3.88. The van der Waals surface area contributed by atoms with Crippen molar-refractivity contribution in [1.29, 1.82) is 5.26 Å². The lowest BCUT2D eigenvalue weighted by Gasteiger charge is -2.24. The Morgan fingerprint density at radius 3 is 2.20 bits per heavy atom. The van der Waals surface area contributed by atoms with Gasteiger partial charge in [0.15, 0.2) is 0 Å². The van der Waals surface area contributed by atoms with Crippen LogP contribution in [0.1, 0.15) is 18.4 Å². The minimum absolute atomic E-state index is 0.0746. The Kier molecular flexibility index (Phi) is 3.81. The van der Waals surface area contributed by atoms with E-state index in [1.54, 1.807) is 12.1 Å². The summed E-state index contributed by atoms with van der Waals surface area (Å²) < 4.78 is 12.7. The Bertz CT molecular complexity index is 351. The Morgan fingerprint density at radius 2 is 1.80 bits per heavy atom. The zero-order valence-electron chi connectivity index (χ0n) is 9.24. The van der Waals surface area contributed by atoms with Crippen molar-refractivity contribution >= 4 is 0 Å². The number of hydrogen-bond acceptors (Lipinski definition) is 2. The summed E-state index contributed by atoms with van der Waals surface area (Å²) in [6.07, 6.45) is 0. The van der Waals surface area contributed by atoms with Crippen LogP contribution in [-0.2, 0) is 0 Å². The van der Waals surface area contributed by atoms with Gasteiger partial charge < -0.3 is 0 Å². The molecule has 0 radical (unpaired) electrons. The largest absolute Gasteiger partial charge is 0.294 e. The van der Waals surface area contributed by atoms with Crippen LogP contribution in [0.3, 0.4) is 0 Å². The van der Waals surface area contributed by atoms with E-state index < -0.39 is 0 Å². The number of benzene rings is 1. The third kappa shape index (κ3) is 2.77. The zero-order valence-corrected chi connectivity index (χ0v) is 9.24. The molecule has 0 aliphatic heterocycles. The van der Waals surface area contributed by atoms with Gasteiger partial charge in [0.05, 0.1) is 6.07 Å². The third-order valence-corrected chi connectivity index (χ3v) is 2.56. The van der Waals surface area contributed by atoms with Crippen LogP contribution in [0.15, 0.2) is 24.3 Å². The molecule has 1 rings (SSSR count). The average molecular weight is 206 g/mol. The van der Waals surface area contributed by atoms with Gasteiger partial charge in [-0.05, 0) is 31.8 Å². The summed E-state index contributed by atoms with van der Waals surface area (Å²) in [5.74, 6) is -0.171. The van der Waals surface area contributed by atoms with E-state index in [-0.39, 0.29) is 17.8 Å². The fourth-order valence-electron chi connectivity index (χ4n) is 1.62. The van der Waals surface area contributed by atoms with Crippen LogP contribution in [0, 0.1) is 17.1 Å². The van der Waals surface area contributed by atoms with Gasteiger partial charge >= 0.3 is 0 Å². The molecule has 0 aliphatic rings. The van der Waals surface area contributed by atoms with Crippen molar-refractivity contribution in [3.05, 3.63) is 35.6 Å². The molecule has 1 aromatic carbocycles. The Labute approximate surface area is 89.9 Å². The SMILES string of the molecule is CC(c1ccc(F)cc1)C(C#N)N(C)C. The number of rotatable bonds is 3.